The molecule has 0 aromatic carbocycles. The molecular weight excluding hydrogens is 206 g/mol. The molecule has 0 aromatic rings. The van der Waals surface area contributed by atoms with Gasteiger partial charge in [-0.15, -0.1) is 0 Å². The highest BCUT2D eigenvalue weighted by atomic mass is 16.6. The van der Waals surface area contributed by atoms with Gasteiger partial charge in [-0.05, 0) is 0 Å². The Labute approximate surface area is 87.7 Å². The summed E-state index contributed by atoms with van der Waals surface area (Å²) in [6.45, 7) is 0.418. The summed E-state index contributed by atoms with van der Waals surface area (Å²) in [4.78, 5) is 10.8. The van der Waals surface area contributed by atoms with Gasteiger partial charge in [-0.25, -0.2) is 0 Å². The van der Waals surface area contributed by atoms with Crippen molar-refractivity contribution in [3.05, 3.63) is 0 Å². The van der Waals surface area contributed by atoms with Crippen molar-refractivity contribution in [2.24, 2.45) is 0 Å². The number of hydrogen-bond acceptors (Lipinski definition) is 6. The van der Waals surface area contributed by atoms with Crippen LogP contribution in [0.2, 0.25) is 0 Å². The molecule has 0 saturated carbocycles. The molecule has 15 heavy (non-hydrogen) atoms. The van der Waals surface area contributed by atoms with E-state index in [4.69, 9.17) is 11.2 Å². The van der Waals surface area contributed by atoms with Crippen LogP contribution in [-0.4, -0.2) is 63.6 Å². The summed E-state index contributed by atoms with van der Waals surface area (Å²) in [7, 11) is 0. The second kappa shape index (κ2) is 4.86. The third-order valence-corrected chi connectivity index (χ3v) is 2.12. The van der Waals surface area contributed by atoms with Crippen LogP contribution >= 0.6 is 0 Å². The largest absolute Gasteiger partial charge is 0.394 e. The molecule has 1 rings (SSSR count). The average molecular weight is 222 g/mol. The van der Waals surface area contributed by atoms with Gasteiger partial charge >= 0.3 is 0 Å². The van der Waals surface area contributed by atoms with Crippen molar-refractivity contribution in [2.45, 2.75) is 37.5 Å². The Balaban J connectivity index is 2.86. The van der Waals surface area contributed by atoms with Gasteiger partial charge < -0.3 is 30.5 Å². The van der Waals surface area contributed by atoms with Gasteiger partial charge in [0.25, 0.3) is 0 Å². The quantitative estimate of drug-likeness (QED) is 0.338. The fourth-order valence-corrected chi connectivity index (χ4v) is 1.37. The smallest absolute Gasteiger partial charge is 0.217 e. The maximum Gasteiger partial charge on any atom is 0.217 e. The Bertz CT molecular complexity index is 273. The summed E-state index contributed by atoms with van der Waals surface area (Å²) in [5.74, 6) is -0.551. The van der Waals surface area contributed by atoms with Crippen LogP contribution in [0.25, 0.3) is 0 Å². The van der Waals surface area contributed by atoms with E-state index in [2.05, 4.69) is 5.32 Å². The first-order valence-corrected chi connectivity index (χ1v) is 4.42. The number of ether oxygens (including phenoxy) is 1. The molecular formula is C8H15NO6. The highest BCUT2D eigenvalue weighted by molar-refractivity contribution is 5.73. The number of nitrogens with one attached hydrogen (secondary N) is 1. The molecule has 0 aromatic heterocycles. The van der Waals surface area contributed by atoms with E-state index in [1.807, 2.05) is 0 Å². The van der Waals surface area contributed by atoms with E-state index >= 15 is 0 Å². The van der Waals surface area contributed by atoms with E-state index in [1.54, 1.807) is 0 Å². The van der Waals surface area contributed by atoms with Gasteiger partial charge in [-0.2, -0.15) is 0 Å². The van der Waals surface area contributed by atoms with Crippen LogP contribution in [0.5, 0.6) is 0 Å². The molecule has 0 bridgehead atoms. The molecule has 1 heterocycles. The lowest BCUT2D eigenvalue weighted by Gasteiger charge is -2.40. The highest BCUT2D eigenvalue weighted by Gasteiger charge is 2.43. The number of amides is 1. The molecule has 1 fully saturated rings. The molecule has 1 aliphatic heterocycles. The molecule has 0 spiro atoms. The summed E-state index contributed by atoms with van der Waals surface area (Å²) in [6, 6.07) is -1.32. The molecule has 7 nitrogen and oxygen atoms in total. The lowest BCUT2D eigenvalue weighted by molar-refractivity contribution is -0.253. The average Bonchev–Trinajstić information content (AvgIpc) is 2.18. The maximum absolute atomic E-state index is 10.8. The molecule has 1 saturated heterocycles. The van der Waals surface area contributed by atoms with E-state index in [0.29, 0.717) is 0 Å². The van der Waals surface area contributed by atoms with Crippen molar-refractivity contribution in [3.8, 4) is 0 Å². The SMILES string of the molecule is [2H][C@]1(O)[C@H](O)[C@@H](NC(C)=O)C(O)O[C@@H]1CO. The van der Waals surface area contributed by atoms with Gasteiger partial charge in [0.2, 0.25) is 5.91 Å². The lowest BCUT2D eigenvalue weighted by Crippen LogP contribution is -2.63. The first-order chi connectivity index (χ1) is 7.30. The van der Waals surface area contributed by atoms with Crippen LogP contribution in [0.4, 0.5) is 0 Å². The van der Waals surface area contributed by atoms with E-state index in [1.165, 1.54) is 0 Å². The third-order valence-electron chi connectivity index (χ3n) is 2.12. The first kappa shape index (κ1) is 10.8. The van der Waals surface area contributed by atoms with Crippen LogP contribution in [0.3, 0.4) is 0 Å². The predicted octanol–water partition coefficient (Wildman–Crippen LogP) is -3.08. The van der Waals surface area contributed by atoms with Crippen molar-refractivity contribution >= 4 is 5.91 Å². The van der Waals surface area contributed by atoms with Crippen molar-refractivity contribution < 1.29 is 31.3 Å². The zero-order valence-electron chi connectivity index (χ0n) is 9.12. The lowest BCUT2D eigenvalue weighted by atomic mass is 9.97. The predicted molar refractivity (Wildman–Crippen MR) is 47.6 cm³/mol. The Kier molecular flexibility index (Phi) is 3.49. The minimum absolute atomic E-state index is 0.551. The molecule has 1 amide bonds. The van der Waals surface area contributed by atoms with E-state index in [9.17, 15) is 20.1 Å². The topological polar surface area (TPSA) is 119 Å². The fourth-order valence-electron chi connectivity index (χ4n) is 1.37. The number of rotatable bonds is 2. The standard InChI is InChI=1S/C8H15NO6/c1-3(11)9-5-7(13)6(12)4(2-10)15-8(5)14/h4-8,10,12-14H,2H2,1H3,(H,9,11)/t4-,5-,6-,7-,8?/m1/s1/i6D. The molecule has 5 atom stereocenters. The minimum Gasteiger partial charge on any atom is -0.394 e. The highest BCUT2D eigenvalue weighted by Crippen LogP contribution is 2.19. The molecule has 7 heteroatoms. The molecule has 1 unspecified atom stereocenters. The van der Waals surface area contributed by atoms with E-state index in [-0.39, 0.29) is 0 Å². The summed E-state index contributed by atoms with van der Waals surface area (Å²) in [5, 5.41) is 39.6. The van der Waals surface area contributed by atoms with Crippen LogP contribution in [-0.2, 0) is 9.53 Å². The molecule has 0 aliphatic carbocycles. The Morgan fingerprint density at radius 3 is 2.60 bits per heavy atom. The molecule has 0 radical (unpaired) electrons. The van der Waals surface area contributed by atoms with E-state index in [0.717, 1.165) is 6.92 Å². The number of carbonyl (C=O) groups excluding carboxylic acids is 1. The first-order valence-electron chi connectivity index (χ1n) is 4.92. The summed E-state index contributed by atoms with van der Waals surface area (Å²) in [6.07, 6.45) is -7.30. The van der Waals surface area contributed by atoms with Crippen LogP contribution in [0.15, 0.2) is 0 Å². The van der Waals surface area contributed by atoms with Gasteiger partial charge in [0.1, 0.15) is 24.3 Å². The Morgan fingerprint density at radius 1 is 1.53 bits per heavy atom. The van der Waals surface area contributed by atoms with Gasteiger partial charge in [0.15, 0.2) is 6.29 Å². The van der Waals surface area contributed by atoms with Crippen LogP contribution in [0.1, 0.15) is 8.29 Å². The number of aliphatic hydroxyl groups is 4. The van der Waals surface area contributed by atoms with E-state index < -0.39 is 43.1 Å². The number of aliphatic hydroxyl groups excluding tert-OH is 3. The van der Waals surface area contributed by atoms with Crippen molar-refractivity contribution in [1.29, 1.82) is 0 Å². The number of carbonyl (C=O) groups is 1. The van der Waals surface area contributed by atoms with Crippen molar-refractivity contribution in [3.63, 3.8) is 0 Å². The summed E-state index contributed by atoms with van der Waals surface area (Å²) < 4.78 is 12.1. The van der Waals surface area contributed by atoms with Crippen molar-refractivity contribution in [1.82, 2.24) is 5.32 Å². The normalized spacial score (nSPS) is 47.1. The Morgan fingerprint density at radius 2 is 2.13 bits per heavy atom. The van der Waals surface area contributed by atoms with Gasteiger partial charge in [0, 0.05) is 6.92 Å². The minimum atomic E-state index is -2.50. The van der Waals surface area contributed by atoms with Gasteiger partial charge in [-0.1, -0.05) is 0 Å². The maximum atomic E-state index is 10.8. The second-order valence-corrected chi connectivity index (χ2v) is 3.29. The Hall–Kier alpha value is -0.730. The summed E-state index contributed by atoms with van der Waals surface area (Å²) in [5.41, 5.74) is 0. The summed E-state index contributed by atoms with van der Waals surface area (Å²) >= 11 is 0. The molecule has 5 N–H and O–H groups in total. The second-order valence-electron chi connectivity index (χ2n) is 3.29. The fraction of sp³-hybridized carbons (Fsp3) is 0.875. The van der Waals surface area contributed by atoms with Crippen LogP contribution < -0.4 is 5.32 Å². The van der Waals surface area contributed by atoms with Gasteiger partial charge in [-0.3, -0.25) is 4.79 Å². The zero-order valence-corrected chi connectivity index (χ0v) is 8.12. The van der Waals surface area contributed by atoms with Crippen LogP contribution in [0, 0.1) is 0 Å². The number of hydrogen-bond donors (Lipinski definition) is 5. The zero-order chi connectivity index (χ0) is 12.5. The third kappa shape index (κ3) is 2.64. The van der Waals surface area contributed by atoms with Gasteiger partial charge in [0.05, 0.1) is 7.98 Å². The van der Waals surface area contributed by atoms with Crippen molar-refractivity contribution in [2.75, 3.05) is 6.61 Å². The molecule has 1 aliphatic rings. The monoisotopic (exact) mass is 222 g/mol. The molecule has 88 valence electrons.